The molecule has 4 N–H and O–H groups in total. The van der Waals surface area contributed by atoms with E-state index in [1.807, 2.05) is 4.90 Å². The van der Waals surface area contributed by atoms with E-state index in [2.05, 4.69) is 9.97 Å². The molecule has 0 aromatic carbocycles. The number of hydrogen-bond donors (Lipinski definition) is 2. The van der Waals surface area contributed by atoms with Gasteiger partial charge in [0.25, 0.3) is 0 Å². The van der Waals surface area contributed by atoms with Gasteiger partial charge < -0.3 is 16.4 Å². The van der Waals surface area contributed by atoms with E-state index in [0.717, 1.165) is 13.0 Å². The first-order valence-corrected chi connectivity index (χ1v) is 5.65. The molecule has 7 heteroatoms. The van der Waals surface area contributed by atoms with E-state index in [1.54, 1.807) is 6.20 Å². The van der Waals surface area contributed by atoms with E-state index >= 15 is 0 Å². The van der Waals surface area contributed by atoms with Crippen LogP contribution in [0.5, 0.6) is 0 Å². The van der Waals surface area contributed by atoms with E-state index in [1.165, 1.54) is 6.20 Å². The molecule has 1 aliphatic heterocycles. The molecule has 17 heavy (non-hydrogen) atoms. The molecule has 1 saturated heterocycles. The molecular formula is C10H13N5OS. The molecular weight excluding hydrogens is 238 g/mol. The summed E-state index contributed by atoms with van der Waals surface area (Å²) in [5.41, 5.74) is 11.2. The zero-order valence-electron chi connectivity index (χ0n) is 9.17. The molecule has 2 heterocycles. The number of carbonyl (C=O) groups excluding carboxylic acids is 1. The second kappa shape index (κ2) is 4.62. The maximum Gasteiger partial charge on any atom is 0.222 e. The van der Waals surface area contributed by atoms with Crippen molar-refractivity contribution in [2.45, 2.75) is 6.42 Å². The highest BCUT2D eigenvalue weighted by Gasteiger charge is 2.27. The van der Waals surface area contributed by atoms with Gasteiger partial charge in [-0.3, -0.25) is 4.79 Å². The van der Waals surface area contributed by atoms with Crippen LogP contribution in [0.2, 0.25) is 0 Å². The molecule has 0 radical (unpaired) electrons. The summed E-state index contributed by atoms with van der Waals surface area (Å²) < 4.78 is 0. The Balaban J connectivity index is 2.09. The van der Waals surface area contributed by atoms with Crippen molar-refractivity contribution in [3.05, 3.63) is 18.1 Å². The van der Waals surface area contributed by atoms with E-state index in [9.17, 15) is 4.79 Å². The van der Waals surface area contributed by atoms with Crippen molar-refractivity contribution in [1.82, 2.24) is 9.97 Å². The van der Waals surface area contributed by atoms with Gasteiger partial charge in [-0.2, -0.15) is 0 Å². The van der Waals surface area contributed by atoms with E-state index in [0.29, 0.717) is 18.1 Å². The molecule has 2 rings (SSSR count). The Morgan fingerprint density at radius 2 is 2.18 bits per heavy atom. The predicted octanol–water partition coefficient (Wildman–Crippen LogP) is -0.578. The van der Waals surface area contributed by atoms with Gasteiger partial charge in [0.2, 0.25) is 5.91 Å². The summed E-state index contributed by atoms with van der Waals surface area (Å²) in [5, 5.41) is 0. The normalized spacial score (nSPS) is 19.3. The number of anilines is 1. The molecule has 0 bridgehead atoms. The minimum atomic E-state index is -0.264. The quantitative estimate of drug-likeness (QED) is 0.698. The SMILES string of the molecule is NC(=O)C1CCN(c2cnc(C(N)=S)cn2)C1. The monoisotopic (exact) mass is 251 g/mol. The third kappa shape index (κ3) is 2.50. The summed E-state index contributed by atoms with van der Waals surface area (Å²) >= 11 is 4.79. The van der Waals surface area contributed by atoms with Crippen molar-refractivity contribution in [3.8, 4) is 0 Å². The summed E-state index contributed by atoms with van der Waals surface area (Å²) in [5.74, 6) is 0.348. The number of hydrogen-bond acceptors (Lipinski definition) is 5. The molecule has 0 spiro atoms. The van der Waals surface area contributed by atoms with Crippen LogP contribution in [0.15, 0.2) is 12.4 Å². The van der Waals surface area contributed by atoms with Crippen LogP contribution < -0.4 is 16.4 Å². The first-order valence-electron chi connectivity index (χ1n) is 5.24. The topological polar surface area (TPSA) is 98.1 Å². The van der Waals surface area contributed by atoms with Crippen LogP contribution in [0.4, 0.5) is 5.82 Å². The average Bonchev–Trinajstić information content (AvgIpc) is 2.78. The fourth-order valence-electron chi connectivity index (χ4n) is 1.81. The molecule has 1 aromatic rings. The third-order valence-corrected chi connectivity index (χ3v) is 3.01. The summed E-state index contributed by atoms with van der Waals surface area (Å²) in [6.07, 6.45) is 3.90. The van der Waals surface area contributed by atoms with Crippen molar-refractivity contribution in [3.63, 3.8) is 0 Å². The fourth-order valence-corrected chi connectivity index (χ4v) is 1.92. The van der Waals surface area contributed by atoms with Crippen LogP contribution in [0.25, 0.3) is 0 Å². The summed E-state index contributed by atoms with van der Waals surface area (Å²) in [6.45, 7) is 1.35. The number of nitrogens with zero attached hydrogens (tertiary/aromatic N) is 3. The molecule has 1 atom stereocenters. The van der Waals surface area contributed by atoms with Gasteiger partial charge in [0.15, 0.2) is 0 Å². The summed E-state index contributed by atoms with van der Waals surface area (Å²) in [7, 11) is 0. The van der Waals surface area contributed by atoms with Crippen molar-refractivity contribution >= 4 is 28.9 Å². The van der Waals surface area contributed by atoms with E-state index in [4.69, 9.17) is 23.7 Å². The molecule has 1 unspecified atom stereocenters. The van der Waals surface area contributed by atoms with Crippen LogP contribution in [-0.2, 0) is 4.79 Å². The van der Waals surface area contributed by atoms with Gasteiger partial charge in [-0.05, 0) is 6.42 Å². The summed E-state index contributed by atoms with van der Waals surface area (Å²) in [4.78, 5) is 21.6. The Morgan fingerprint density at radius 1 is 1.41 bits per heavy atom. The van der Waals surface area contributed by atoms with Crippen molar-refractivity contribution in [1.29, 1.82) is 0 Å². The molecule has 1 aromatic heterocycles. The van der Waals surface area contributed by atoms with E-state index < -0.39 is 0 Å². The lowest BCUT2D eigenvalue weighted by Crippen LogP contribution is -2.27. The van der Waals surface area contributed by atoms with Crippen LogP contribution in [0, 0.1) is 5.92 Å². The van der Waals surface area contributed by atoms with Crippen LogP contribution in [-0.4, -0.2) is 34.0 Å². The number of thiocarbonyl (C=S) groups is 1. The first-order chi connectivity index (χ1) is 8.08. The number of carbonyl (C=O) groups is 1. The molecule has 0 saturated carbocycles. The Morgan fingerprint density at radius 3 is 2.65 bits per heavy atom. The highest BCUT2D eigenvalue weighted by atomic mass is 32.1. The lowest BCUT2D eigenvalue weighted by atomic mass is 10.1. The summed E-state index contributed by atoms with van der Waals surface area (Å²) in [6, 6.07) is 0. The van der Waals surface area contributed by atoms with E-state index in [-0.39, 0.29) is 16.8 Å². The molecule has 1 fully saturated rings. The molecule has 0 aliphatic carbocycles. The number of aromatic nitrogens is 2. The van der Waals surface area contributed by atoms with Gasteiger partial charge >= 0.3 is 0 Å². The minimum Gasteiger partial charge on any atom is -0.388 e. The molecule has 1 aliphatic rings. The smallest absolute Gasteiger partial charge is 0.222 e. The first kappa shape index (κ1) is 11.7. The van der Waals surface area contributed by atoms with Gasteiger partial charge in [-0.1, -0.05) is 12.2 Å². The van der Waals surface area contributed by atoms with Crippen LogP contribution >= 0.6 is 12.2 Å². The molecule has 90 valence electrons. The van der Waals surface area contributed by atoms with Crippen LogP contribution in [0.1, 0.15) is 12.1 Å². The Hall–Kier alpha value is -1.76. The Labute approximate surface area is 104 Å². The molecule has 1 amide bonds. The zero-order chi connectivity index (χ0) is 12.4. The lowest BCUT2D eigenvalue weighted by molar-refractivity contribution is -0.121. The van der Waals surface area contributed by atoms with Crippen molar-refractivity contribution in [2.75, 3.05) is 18.0 Å². The maximum absolute atomic E-state index is 11.0. The second-order valence-corrected chi connectivity index (χ2v) is 4.40. The number of primary amides is 1. The van der Waals surface area contributed by atoms with Gasteiger partial charge in [0.05, 0.1) is 18.3 Å². The van der Waals surface area contributed by atoms with Crippen molar-refractivity contribution < 1.29 is 4.79 Å². The fraction of sp³-hybridized carbons (Fsp3) is 0.400. The lowest BCUT2D eigenvalue weighted by Gasteiger charge is -2.16. The van der Waals surface area contributed by atoms with Gasteiger partial charge in [-0.25, -0.2) is 9.97 Å². The van der Waals surface area contributed by atoms with Gasteiger partial charge in [0.1, 0.15) is 16.5 Å². The van der Waals surface area contributed by atoms with Gasteiger partial charge in [-0.15, -0.1) is 0 Å². The third-order valence-electron chi connectivity index (χ3n) is 2.81. The second-order valence-electron chi connectivity index (χ2n) is 3.96. The number of rotatable bonds is 3. The standard InChI is InChI=1S/C10H13N5OS/c11-9(16)6-1-2-15(5-6)8-4-13-7(3-14-8)10(12)17/h3-4,6H,1-2,5H2,(H2,11,16)(H2,12,17). The highest BCUT2D eigenvalue weighted by Crippen LogP contribution is 2.20. The van der Waals surface area contributed by atoms with Gasteiger partial charge in [0, 0.05) is 13.1 Å². The van der Waals surface area contributed by atoms with Crippen LogP contribution in [0.3, 0.4) is 0 Å². The maximum atomic E-state index is 11.0. The zero-order valence-corrected chi connectivity index (χ0v) is 9.98. The minimum absolute atomic E-state index is 0.105. The number of amides is 1. The average molecular weight is 251 g/mol. The number of nitrogens with two attached hydrogens (primary N) is 2. The molecule has 6 nitrogen and oxygen atoms in total. The predicted molar refractivity (Wildman–Crippen MR) is 67.4 cm³/mol. The van der Waals surface area contributed by atoms with Crippen molar-refractivity contribution in [2.24, 2.45) is 17.4 Å². The largest absolute Gasteiger partial charge is 0.388 e. The Kier molecular flexibility index (Phi) is 3.19. The Bertz CT molecular complexity index is 447. The highest BCUT2D eigenvalue weighted by molar-refractivity contribution is 7.80.